The van der Waals surface area contributed by atoms with E-state index < -0.39 is 0 Å². The Hall–Kier alpha value is -1.35. The van der Waals surface area contributed by atoms with Crippen molar-refractivity contribution in [3.05, 3.63) is 63.1 Å². The molecule has 0 saturated heterocycles. The van der Waals surface area contributed by atoms with Crippen molar-refractivity contribution in [2.75, 3.05) is 0 Å². The van der Waals surface area contributed by atoms with Gasteiger partial charge in [0, 0.05) is 22.0 Å². The van der Waals surface area contributed by atoms with Gasteiger partial charge in [0.1, 0.15) is 11.3 Å². The number of rotatable bonds is 1. The number of hydrogen-bond donors (Lipinski definition) is 0. The molecule has 0 fully saturated rings. The van der Waals surface area contributed by atoms with Crippen LogP contribution >= 0.6 is 35.4 Å². The van der Waals surface area contributed by atoms with Crippen molar-refractivity contribution in [1.82, 2.24) is 0 Å². The van der Waals surface area contributed by atoms with Gasteiger partial charge < -0.3 is 4.42 Å². The maximum Gasteiger partial charge on any atom is 0.137 e. The lowest BCUT2D eigenvalue weighted by molar-refractivity contribution is 0.620. The minimum atomic E-state index is 0.543. The average Bonchev–Trinajstić information content (AvgIpc) is 2.38. The van der Waals surface area contributed by atoms with Crippen molar-refractivity contribution >= 4 is 46.4 Å². The number of fused-ring (bicyclic) bond motifs is 1. The molecule has 0 N–H and O–H groups in total. The molecule has 3 aromatic rings. The molecule has 0 atom stereocenters. The second-order valence-electron chi connectivity index (χ2n) is 4.10. The summed E-state index contributed by atoms with van der Waals surface area (Å²) in [7, 11) is 0. The number of hydrogen-bond acceptors (Lipinski definition) is 2. The van der Waals surface area contributed by atoms with Gasteiger partial charge in [-0.3, -0.25) is 0 Å². The van der Waals surface area contributed by atoms with E-state index in [1.165, 1.54) is 0 Å². The summed E-state index contributed by atoms with van der Waals surface area (Å²) in [4.78, 5) is 0. The van der Waals surface area contributed by atoms with Crippen LogP contribution in [0.4, 0.5) is 0 Å². The van der Waals surface area contributed by atoms with Crippen molar-refractivity contribution in [3.63, 3.8) is 0 Å². The first-order chi connectivity index (χ1) is 9.15. The summed E-state index contributed by atoms with van der Waals surface area (Å²) < 4.78 is 6.59. The van der Waals surface area contributed by atoms with Crippen LogP contribution in [0, 0.1) is 4.51 Å². The van der Waals surface area contributed by atoms with E-state index in [1.54, 1.807) is 12.1 Å². The summed E-state index contributed by atoms with van der Waals surface area (Å²) in [5.41, 5.74) is 1.53. The molecule has 94 valence electrons. The topological polar surface area (TPSA) is 13.1 Å². The van der Waals surface area contributed by atoms with Gasteiger partial charge >= 0.3 is 0 Å². The Balaban J connectivity index is 2.28. The van der Waals surface area contributed by atoms with Gasteiger partial charge in [0.15, 0.2) is 0 Å². The molecule has 0 aliphatic heterocycles. The van der Waals surface area contributed by atoms with E-state index >= 15 is 0 Å². The van der Waals surface area contributed by atoms with Crippen LogP contribution in [0.25, 0.3) is 22.3 Å². The Kier molecular flexibility index (Phi) is 3.31. The quantitative estimate of drug-likeness (QED) is 0.501. The molecule has 0 unspecified atom stereocenters. The summed E-state index contributed by atoms with van der Waals surface area (Å²) in [6.45, 7) is 0. The van der Waals surface area contributed by atoms with Gasteiger partial charge in [-0.25, -0.2) is 0 Å². The Labute approximate surface area is 125 Å². The molecule has 1 aromatic heterocycles. The third-order valence-electron chi connectivity index (χ3n) is 2.83. The van der Waals surface area contributed by atoms with Crippen LogP contribution in [-0.2, 0) is 0 Å². The van der Waals surface area contributed by atoms with Gasteiger partial charge in [-0.15, -0.1) is 0 Å². The van der Waals surface area contributed by atoms with Gasteiger partial charge in [0.05, 0.1) is 9.53 Å². The third kappa shape index (κ3) is 2.39. The Morgan fingerprint density at radius 3 is 2.53 bits per heavy atom. The molecule has 19 heavy (non-hydrogen) atoms. The van der Waals surface area contributed by atoms with E-state index in [-0.39, 0.29) is 0 Å². The van der Waals surface area contributed by atoms with Crippen molar-refractivity contribution in [3.8, 4) is 11.3 Å². The minimum absolute atomic E-state index is 0.543. The van der Waals surface area contributed by atoms with Crippen molar-refractivity contribution in [2.24, 2.45) is 0 Å². The van der Waals surface area contributed by atoms with E-state index in [4.69, 9.17) is 39.8 Å². The Morgan fingerprint density at radius 1 is 0.947 bits per heavy atom. The zero-order valence-electron chi connectivity index (χ0n) is 9.69. The Bertz CT molecular complexity index is 824. The first-order valence-corrected chi connectivity index (χ1v) is 6.80. The second kappa shape index (κ2) is 4.97. The van der Waals surface area contributed by atoms with Crippen molar-refractivity contribution < 1.29 is 4.42 Å². The fraction of sp³-hybridized carbons (Fsp3) is 0. The van der Waals surface area contributed by atoms with E-state index in [9.17, 15) is 0 Å². The molecule has 0 radical (unpaired) electrons. The summed E-state index contributed by atoms with van der Waals surface area (Å²) >= 11 is 17.5. The molecule has 4 heteroatoms. The van der Waals surface area contributed by atoms with Crippen LogP contribution in [0.3, 0.4) is 0 Å². The molecule has 0 aliphatic carbocycles. The van der Waals surface area contributed by atoms with Gasteiger partial charge in [-0.1, -0.05) is 47.6 Å². The molecule has 0 amide bonds. The lowest BCUT2D eigenvalue weighted by Crippen LogP contribution is -1.82. The van der Waals surface area contributed by atoms with E-state index in [0.717, 1.165) is 21.0 Å². The lowest BCUT2D eigenvalue weighted by Gasteiger charge is -2.06. The number of halogens is 2. The van der Waals surface area contributed by atoms with Crippen LogP contribution < -0.4 is 0 Å². The van der Waals surface area contributed by atoms with Gasteiger partial charge in [-0.2, -0.15) is 0 Å². The fourth-order valence-corrected chi connectivity index (χ4v) is 2.70. The van der Waals surface area contributed by atoms with E-state index in [2.05, 4.69) is 0 Å². The van der Waals surface area contributed by atoms with Crippen molar-refractivity contribution in [1.29, 1.82) is 0 Å². The monoisotopic (exact) mass is 306 g/mol. The first-order valence-electron chi connectivity index (χ1n) is 5.63. The molecule has 1 heterocycles. The molecule has 0 saturated carbocycles. The molecule has 0 bridgehead atoms. The SMILES string of the molecule is S=c1cc(-c2ccc(Cl)cc2Cl)oc2ccccc12. The third-order valence-corrected chi connectivity index (χ3v) is 3.72. The maximum atomic E-state index is 6.19. The lowest BCUT2D eigenvalue weighted by atomic mass is 10.1. The highest BCUT2D eigenvalue weighted by Crippen LogP contribution is 2.32. The fourth-order valence-electron chi connectivity index (χ4n) is 1.93. The number of para-hydroxylation sites is 1. The number of benzene rings is 2. The van der Waals surface area contributed by atoms with Crippen LogP contribution in [0.2, 0.25) is 10.0 Å². The minimum Gasteiger partial charge on any atom is -0.456 e. The summed E-state index contributed by atoms with van der Waals surface area (Å²) in [6, 6.07) is 14.8. The molecule has 0 spiro atoms. The summed E-state index contributed by atoms with van der Waals surface area (Å²) in [6.07, 6.45) is 0. The first kappa shape index (κ1) is 12.7. The average molecular weight is 307 g/mol. The van der Waals surface area contributed by atoms with Crippen LogP contribution in [0.1, 0.15) is 0 Å². The zero-order chi connectivity index (χ0) is 13.4. The molecule has 0 aliphatic rings. The van der Waals surface area contributed by atoms with Crippen LogP contribution in [0.5, 0.6) is 0 Å². The summed E-state index contributed by atoms with van der Waals surface area (Å²) in [5, 5.41) is 2.06. The van der Waals surface area contributed by atoms with Crippen molar-refractivity contribution in [2.45, 2.75) is 0 Å². The highest BCUT2D eigenvalue weighted by molar-refractivity contribution is 7.71. The molecular weight excluding hydrogens is 299 g/mol. The van der Waals surface area contributed by atoms with Gasteiger partial charge in [0.25, 0.3) is 0 Å². The smallest absolute Gasteiger partial charge is 0.137 e. The normalized spacial score (nSPS) is 10.8. The Morgan fingerprint density at radius 2 is 1.74 bits per heavy atom. The van der Waals surface area contributed by atoms with Crippen LogP contribution in [0.15, 0.2) is 52.9 Å². The highest BCUT2D eigenvalue weighted by Gasteiger charge is 2.08. The molecular formula is C15H8Cl2OS. The molecule has 1 nitrogen and oxygen atoms in total. The standard InChI is InChI=1S/C15H8Cl2OS/c16-9-5-6-10(12(17)7-9)14-8-15(19)11-3-1-2-4-13(11)18-14/h1-8H. The highest BCUT2D eigenvalue weighted by atomic mass is 35.5. The predicted molar refractivity (Wildman–Crippen MR) is 82.5 cm³/mol. The van der Waals surface area contributed by atoms with E-state index in [0.29, 0.717) is 15.8 Å². The predicted octanol–water partition coefficient (Wildman–Crippen LogP) is 6.14. The van der Waals surface area contributed by atoms with E-state index in [1.807, 2.05) is 36.4 Å². The second-order valence-corrected chi connectivity index (χ2v) is 5.38. The molecule has 3 rings (SSSR count). The maximum absolute atomic E-state index is 6.19. The van der Waals surface area contributed by atoms with Gasteiger partial charge in [-0.05, 0) is 30.3 Å². The van der Waals surface area contributed by atoms with Gasteiger partial charge in [0.2, 0.25) is 0 Å². The molecule has 2 aromatic carbocycles. The largest absolute Gasteiger partial charge is 0.456 e. The van der Waals surface area contributed by atoms with Crippen LogP contribution in [-0.4, -0.2) is 0 Å². The zero-order valence-corrected chi connectivity index (χ0v) is 12.0. The summed E-state index contributed by atoms with van der Waals surface area (Å²) in [5.74, 6) is 0.644.